The normalized spacial score (nSPS) is 10.3. The summed E-state index contributed by atoms with van der Waals surface area (Å²) in [6.45, 7) is 0. The van der Waals surface area contributed by atoms with Crippen LogP contribution in [0.3, 0.4) is 0 Å². The van der Waals surface area contributed by atoms with Gasteiger partial charge in [0, 0.05) is 16.5 Å². The Labute approximate surface area is 125 Å². The van der Waals surface area contributed by atoms with Crippen molar-refractivity contribution < 1.29 is 9.53 Å². The summed E-state index contributed by atoms with van der Waals surface area (Å²) in [6, 6.07) is 12.7. The highest BCUT2D eigenvalue weighted by Crippen LogP contribution is 2.23. The van der Waals surface area contributed by atoms with Crippen molar-refractivity contribution >= 4 is 33.3 Å². The van der Waals surface area contributed by atoms with E-state index in [0.717, 1.165) is 15.8 Å². The molecule has 0 amide bonds. The fourth-order valence-electron chi connectivity index (χ4n) is 1.77. The van der Waals surface area contributed by atoms with E-state index in [4.69, 9.17) is 16.3 Å². The Balaban J connectivity index is 2.23. The highest BCUT2D eigenvalue weighted by atomic mass is 79.9. The molecule has 0 spiro atoms. The lowest BCUT2D eigenvalue weighted by Gasteiger charge is -2.06. The molecule has 4 heteroatoms. The van der Waals surface area contributed by atoms with E-state index in [9.17, 15) is 4.79 Å². The number of hydrogen-bond donors (Lipinski definition) is 0. The molecule has 0 saturated heterocycles. The quantitative estimate of drug-likeness (QED) is 0.765. The van der Waals surface area contributed by atoms with E-state index in [2.05, 4.69) is 15.9 Å². The van der Waals surface area contributed by atoms with Crippen LogP contribution in [0.4, 0.5) is 0 Å². The van der Waals surface area contributed by atoms with E-state index in [1.54, 1.807) is 19.2 Å². The number of methoxy groups -OCH3 is 1. The average molecular weight is 340 g/mol. The second kappa shape index (κ2) is 6.22. The third-order valence-electron chi connectivity index (χ3n) is 2.73. The third kappa shape index (κ3) is 3.58. The molecule has 0 unspecified atom stereocenters. The van der Waals surface area contributed by atoms with Gasteiger partial charge in [-0.1, -0.05) is 39.7 Å². The molecule has 0 aliphatic rings. The zero-order valence-corrected chi connectivity index (χ0v) is 12.7. The van der Waals surface area contributed by atoms with Crippen LogP contribution in [0, 0.1) is 0 Å². The molecule has 0 bridgehead atoms. The molecule has 0 aromatic heterocycles. The maximum Gasteiger partial charge on any atom is 0.168 e. The first-order chi connectivity index (χ1) is 9.10. The Morgan fingerprint density at radius 2 is 2.05 bits per heavy atom. The maximum absolute atomic E-state index is 12.2. The van der Waals surface area contributed by atoms with Crippen molar-refractivity contribution in [3.8, 4) is 5.75 Å². The number of Topliss-reactive ketones (excluding diaryl/α,β-unsaturated/α-hetero) is 1. The van der Waals surface area contributed by atoms with Gasteiger partial charge in [0.25, 0.3) is 0 Å². The Hall–Kier alpha value is -1.32. The van der Waals surface area contributed by atoms with Gasteiger partial charge in [0.05, 0.1) is 12.1 Å². The Morgan fingerprint density at radius 1 is 1.26 bits per heavy atom. The van der Waals surface area contributed by atoms with Crippen LogP contribution < -0.4 is 4.74 Å². The lowest BCUT2D eigenvalue weighted by molar-refractivity contribution is 0.0993. The number of ether oxygens (including phenoxy) is 1. The lowest BCUT2D eigenvalue weighted by Crippen LogP contribution is -2.04. The van der Waals surface area contributed by atoms with E-state index in [1.807, 2.05) is 30.3 Å². The van der Waals surface area contributed by atoms with Crippen LogP contribution in [0.25, 0.3) is 0 Å². The van der Waals surface area contributed by atoms with Crippen molar-refractivity contribution in [1.29, 1.82) is 0 Å². The Bertz CT molecular complexity index is 611. The van der Waals surface area contributed by atoms with Crippen LogP contribution in [0.5, 0.6) is 5.75 Å². The molecule has 2 rings (SSSR count). The second-order valence-corrected chi connectivity index (χ2v) is 5.40. The van der Waals surface area contributed by atoms with Gasteiger partial charge in [0.15, 0.2) is 5.78 Å². The highest BCUT2D eigenvalue weighted by molar-refractivity contribution is 9.10. The minimum atomic E-state index is -0.0143. The summed E-state index contributed by atoms with van der Waals surface area (Å²) in [7, 11) is 1.60. The van der Waals surface area contributed by atoms with Crippen LogP contribution >= 0.6 is 27.5 Å². The van der Waals surface area contributed by atoms with E-state index in [-0.39, 0.29) is 5.78 Å². The fraction of sp³-hybridized carbons (Fsp3) is 0.133. The zero-order chi connectivity index (χ0) is 13.8. The van der Waals surface area contributed by atoms with Gasteiger partial charge in [-0.2, -0.15) is 0 Å². The molecule has 0 aliphatic carbocycles. The lowest BCUT2D eigenvalue weighted by atomic mass is 10.0. The molecular weight excluding hydrogens is 328 g/mol. The van der Waals surface area contributed by atoms with Crippen molar-refractivity contribution in [1.82, 2.24) is 0 Å². The van der Waals surface area contributed by atoms with E-state index in [1.165, 1.54) is 0 Å². The minimum absolute atomic E-state index is 0.0143. The standard InChI is InChI=1S/C15H12BrClO2/c1-19-12-4-2-3-10(7-12)8-15(18)13-9-11(16)5-6-14(13)17/h2-7,9H,8H2,1H3. The largest absolute Gasteiger partial charge is 0.497 e. The van der Waals surface area contributed by atoms with Gasteiger partial charge in [-0.3, -0.25) is 4.79 Å². The molecule has 0 radical (unpaired) electrons. The van der Waals surface area contributed by atoms with Crippen LogP contribution in [0.15, 0.2) is 46.9 Å². The minimum Gasteiger partial charge on any atom is -0.497 e. The molecule has 2 aromatic carbocycles. The van der Waals surface area contributed by atoms with Gasteiger partial charge in [-0.15, -0.1) is 0 Å². The number of halogens is 2. The molecule has 0 atom stereocenters. The van der Waals surface area contributed by atoms with Gasteiger partial charge in [-0.25, -0.2) is 0 Å². The summed E-state index contributed by atoms with van der Waals surface area (Å²) >= 11 is 9.39. The molecule has 19 heavy (non-hydrogen) atoms. The summed E-state index contributed by atoms with van der Waals surface area (Å²) < 4.78 is 5.98. The van der Waals surface area contributed by atoms with Crippen molar-refractivity contribution in [3.63, 3.8) is 0 Å². The Morgan fingerprint density at radius 3 is 2.79 bits per heavy atom. The number of hydrogen-bond acceptors (Lipinski definition) is 2. The van der Waals surface area contributed by atoms with Gasteiger partial charge >= 0.3 is 0 Å². The summed E-state index contributed by atoms with van der Waals surface area (Å²) in [5.74, 6) is 0.727. The van der Waals surface area contributed by atoms with Gasteiger partial charge in [-0.05, 0) is 35.9 Å². The second-order valence-electron chi connectivity index (χ2n) is 4.08. The van der Waals surface area contributed by atoms with Crippen molar-refractivity contribution in [2.45, 2.75) is 6.42 Å². The molecule has 0 aliphatic heterocycles. The number of carbonyl (C=O) groups is 1. The molecule has 0 heterocycles. The number of rotatable bonds is 4. The van der Waals surface area contributed by atoms with Crippen molar-refractivity contribution in [3.05, 3.63) is 63.1 Å². The van der Waals surface area contributed by atoms with Crippen molar-refractivity contribution in [2.24, 2.45) is 0 Å². The van der Waals surface area contributed by atoms with Crippen LogP contribution in [-0.2, 0) is 6.42 Å². The summed E-state index contributed by atoms with van der Waals surface area (Å²) in [4.78, 5) is 12.2. The van der Waals surface area contributed by atoms with Gasteiger partial charge in [0.2, 0.25) is 0 Å². The summed E-state index contributed by atoms with van der Waals surface area (Å²) in [5, 5.41) is 0.469. The smallest absolute Gasteiger partial charge is 0.168 e. The van der Waals surface area contributed by atoms with Gasteiger partial charge < -0.3 is 4.74 Å². The van der Waals surface area contributed by atoms with Gasteiger partial charge in [0.1, 0.15) is 5.75 Å². The molecule has 0 N–H and O–H groups in total. The third-order valence-corrected chi connectivity index (χ3v) is 3.55. The first kappa shape index (κ1) is 14.1. The molecule has 2 aromatic rings. The molecular formula is C15H12BrClO2. The molecule has 2 nitrogen and oxygen atoms in total. The summed E-state index contributed by atoms with van der Waals surface area (Å²) in [5.41, 5.74) is 1.43. The molecule has 0 saturated carbocycles. The molecule has 0 fully saturated rings. The van der Waals surface area contributed by atoms with E-state index < -0.39 is 0 Å². The first-order valence-electron chi connectivity index (χ1n) is 5.71. The van der Waals surface area contributed by atoms with Crippen LogP contribution in [0.2, 0.25) is 5.02 Å². The summed E-state index contributed by atoms with van der Waals surface area (Å²) in [6.07, 6.45) is 0.299. The highest BCUT2D eigenvalue weighted by Gasteiger charge is 2.12. The number of benzene rings is 2. The van der Waals surface area contributed by atoms with Crippen LogP contribution in [0.1, 0.15) is 15.9 Å². The monoisotopic (exact) mass is 338 g/mol. The van der Waals surface area contributed by atoms with Crippen LogP contribution in [-0.4, -0.2) is 12.9 Å². The average Bonchev–Trinajstić information content (AvgIpc) is 2.41. The predicted molar refractivity (Wildman–Crippen MR) is 80.2 cm³/mol. The number of ketones is 1. The first-order valence-corrected chi connectivity index (χ1v) is 6.88. The topological polar surface area (TPSA) is 26.3 Å². The predicted octanol–water partition coefficient (Wildman–Crippen LogP) is 4.54. The fourth-order valence-corrected chi connectivity index (χ4v) is 2.36. The van der Waals surface area contributed by atoms with Crippen molar-refractivity contribution in [2.75, 3.05) is 7.11 Å². The Kier molecular flexibility index (Phi) is 4.61. The zero-order valence-electron chi connectivity index (χ0n) is 10.3. The van der Waals surface area contributed by atoms with E-state index >= 15 is 0 Å². The number of carbonyl (C=O) groups excluding carboxylic acids is 1. The molecule has 98 valence electrons. The van der Waals surface area contributed by atoms with E-state index in [0.29, 0.717) is 17.0 Å². The SMILES string of the molecule is COc1cccc(CC(=O)c2cc(Br)ccc2Cl)c1. The maximum atomic E-state index is 12.2.